The zero-order valence-corrected chi connectivity index (χ0v) is 10.0. The van der Waals surface area contributed by atoms with E-state index in [9.17, 15) is 14.5 Å². The molecule has 0 unspecified atom stereocenters. The topological polar surface area (TPSA) is 68.1 Å². The molecule has 0 radical (unpaired) electrons. The van der Waals surface area contributed by atoms with Gasteiger partial charge in [-0.05, 0) is 24.1 Å². The van der Waals surface area contributed by atoms with Gasteiger partial charge in [0.2, 0.25) is 0 Å². The van der Waals surface area contributed by atoms with Gasteiger partial charge in [0, 0.05) is 31.1 Å². The van der Waals surface area contributed by atoms with Crippen molar-refractivity contribution in [1.29, 1.82) is 0 Å². The van der Waals surface area contributed by atoms with Crippen LogP contribution in [0.1, 0.15) is 5.56 Å². The van der Waals surface area contributed by atoms with Gasteiger partial charge in [0.1, 0.15) is 11.5 Å². The first-order valence-corrected chi connectivity index (χ1v) is 5.73. The Bertz CT molecular complexity index is 575. The summed E-state index contributed by atoms with van der Waals surface area (Å²) in [7, 11) is 0. The summed E-state index contributed by atoms with van der Waals surface area (Å²) < 4.78 is 13.1. The Hall–Kier alpha value is -2.50. The minimum absolute atomic E-state index is 0.132. The van der Waals surface area contributed by atoms with E-state index >= 15 is 0 Å². The van der Waals surface area contributed by atoms with Crippen LogP contribution in [0.5, 0.6) is 0 Å². The summed E-state index contributed by atoms with van der Waals surface area (Å²) in [5, 5.41) is 13.7. The van der Waals surface area contributed by atoms with Crippen molar-refractivity contribution >= 4 is 11.4 Å². The summed E-state index contributed by atoms with van der Waals surface area (Å²) in [5.74, 6) is -0.505. The van der Waals surface area contributed by atoms with E-state index in [2.05, 4.69) is 10.3 Å². The van der Waals surface area contributed by atoms with Crippen molar-refractivity contribution in [3.63, 3.8) is 0 Å². The van der Waals surface area contributed by atoms with Crippen LogP contribution in [0, 0.1) is 15.9 Å². The summed E-state index contributed by atoms with van der Waals surface area (Å²) in [6.45, 7) is 0.468. The maximum Gasteiger partial charge on any atom is 0.292 e. The first-order valence-electron chi connectivity index (χ1n) is 5.73. The van der Waals surface area contributed by atoms with Gasteiger partial charge in [-0.25, -0.2) is 4.39 Å². The lowest BCUT2D eigenvalue weighted by atomic mass is 10.2. The van der Waals surface area contributed by atoms with Gasteiger partial charge < -0.3 is 5.32 Å². The summed E-state index contributed by atoms with van der Waals surface area (Å²) in [4.78, 5) is 14.2. The molecule has 0 saturated carbocycles. The van der Waals surface area contributed by atoms with Crippen molar-refractivity contribution in [2.75, 3.05) is 11.9 Å². The first kappa shape index (κ1) is 12.9. The molecule has 0 aliphatic heterocycles. The van der Waals surface area contributed by atoms with Crippen LogP contribution in [0.2, 0.25) is 0 Å². The van der Waals surface area contributed by atoms with Crippen molar-refractivity contribution in [2.24, 2.45) is 0 Å². The molecule has 0 spiro atoms. The predicted molar refractivity (Wildman–Crippen MR) is 69.5 cm³/mol. The molecule has 0 saturated heterocycles. The van der Waals surface area contributed by atoms with Gasteiger partial charge in [-0.1, -0.05) is 6.07 Å². The van der Waals surface area contributed by atoms with E-state index < -0.39 is 10.7 Å². The highest BCUT2D eigenvalue weighted by Gasteiger charge is 2.13. The van der Waals surface area contributed by atoms with Gasteiger partial charge >= 0.3 is 0 Å². The van der Waals surface area contributed by atoms with Crippen LogP contribution in [0.25, 0.3) is 0 Å². The normalized spacial score (nSPS) is 10.2. The summed E-state index contributed by atoms with van der Waals surface area (Å²) in [6.07, 6.45) is 4.05. The summed E-state index contributed by atoms with van der Waals surface area (Å²) in [6, 6.07) is 7.09. The number of nitrogens with one attached hydrogen (secondary N) is 1. The lowest BCUT2D eigenvalue weighted by Crippen LogP contribution is -2.07. The maximum atomic E-state index is 13.1. The Morgan fingerprint density at radius 1 is 1.37 bits per heavy atom. The van der Waals surface area contributed by atoms with Crippen molar-refractivity contribution < 1.29 is 9.31 Å². The molecular weight excluding hydrogens is 249 g/mol. The molecule has 0 fully saturated rings. The van der Waals surface area contributed by atoms with Crippen LogP contribution in [0.3, 0.4) is 0 Å². The average Bonchev–Trinajstić information content (AvgIpc) is 2.39. The molecule has 0 aliphatic rings. The van der Waals surface area contributed by atoms with E-state index in [0.717, 1.165) is 23.8 Å². The molecule has 2 rings (SSSR count). The molecule has 0 aliphatic carbocycles. The Morgan fingerprint density at radius 3 is 2.89 bits per heavy atom. The molecule has 6 heteroatoms. The number of anilines is 1. The number of hydrogen-bond acceptors (Lipinski definition) is 4. The molecule has 0 bridgehead atoms. The number of pyridine rings is 1. The van der Waals surface area contributed by atoms with Crippen LogP contribution >= 0.6 is 0 Å². The van der Waals surface area contributed by atoms with Crippen molar-refractivity contribution in [1.82, 2.24) is 4.98 Å². The third-order valence-corrected chi connectivity index (χ3v) is 2.61. The van der Waals surface area contributed by atoms with Gasteiger partial charge in [-0.15, -0.1) is 0 Å². The molecule has 2 aromatic rings. The lowest BCUT2D eigenvalue weighted by molar-refractivity contribution is -0.384. The van der Waals surface area contributed by atoms with Crippen molar-refractivity contribution in [3.8, 4) is 0 Å². The Balaban J connectivity index is 2.03. The van der Waals surface area contributed by atoms with Crippen LogP contribution < -0.4 is 5.32 Å². The third-order valence-electron chi connectivity index (χ3n) is 2.61. The zero-order valence-electron chi connectivity index (χ0n) is 10.0. The van der Waals surface area contributed by atoms with E-state index in [4.69, 9.17) is 0 Å². The first-order chi connectivity index (χ1) is 9.16. The van der Waals surface area contributed by atoms with E-state index in [1.54, 1.807) is 12.4 Å². The minimum atomic E-state index is -0.536. The molecule has 19 heavy (non-hydrogen) atoms. The van der Waals surface area contributed by atoms with E-state index in [1.165, 1.54) is 0 Å². The molecule has 0 amide bonds. The average molecular weight is 261 g/mol. The highest BCUT2D eigenvalue weighted by atomic mass is 19.1. The maximum absolute atomic E-state index is 13.1. The quantitative estimate of drug-likeness (QED) is 0.663. The summed E-state index contributed by atoms with van der Waals surface area (Å²) in [5.41, 5.74) is 1.07. The molecule has 1 aromatic carbocycles. The second-order valence-corrected chi connectivity index (χ2v) is 3.96. The van der Waals surface area contributed by atoms with Crippen LogP contribution in [-0.2, 0) is 6.42 Å². The van der Waals surface area contributed by atoms with Gasteiger partial charge in [-0.3, -0.25) is 15.1 Å². The number of benzene rings is 1. The fraction of sp³-hybridized carbons (Fsp3) is 0.154. The standard InChI is InChI=1S/C13H12FN3O2/c14-11-3-4-13(17(18)19)12(8-11)16-7-5-10-2-1-6-15-9-10/h1-4,6,8-9,16H,5,7H2. The molecule has 1 heterocycles. The van der Waals surface area contributed by atoms with Gasteiger partial charge in [-0.2, -0.15) is 0 Å². The fourth-order valence-electron chi connectivity index (χ4n) is 1.70. The Labute approximate surface area is 109 Å². The van der Waals surface area contributed by atoms with Crippen molar-refractivity contribution in [2.45, 2.75) is 6.42 Å². The van der Waals surface area contributed by atoms with E-state index in [-0.39, 0.29) is 11.4 Å². The van der Waals surface area contributed by atoms with E-state index in [1.807, 2.05) is 12.1 Å². The predicted octanol–water partition coefficient (Wildman–Crippen LogP) is 2.78. The number of nitro benzene ring substituents is 1. The van der Waals surface area contributed by atoms with Gasteiger partial charge in [0.05, 0.1) is 4.92 Å². The van der Waals surface area contributed by atoms with Crippen LogP contribution in [0.4, 0.5) is 15.8 Å². The van der Waals surface area contributed by atoms with Crippen LogP contribution in [0.15, 0.2) is 42.7 Å². The molecule has 98 valence electrons. The third kappa shape index (κ3) is 3.48. The molecule has 5 nitrogen and oxygen atoms in total. The Morgan fingerprint density at radius 2 is 2.21 bits per heavy atom. The molecule has 0 atom stereocenters. The summed E-state index contributed by atoms with van der Waals surface area (Å²) >= 11 is 0. The SMILES string of the molecule is O=[N+]([O-])c1ccc(F)cc1NCCc1cccnc1. The number of nitro groups is 1. The number of aromatic nitrogens is 1. The second kappa shape index (κ2) is 5.90. The molecule has 1 aromatic heterocycles. The number of hydrogen-bond donors (Lipinski definition) is 1. The number of nitrogens with zero attached hydrogens (tertiary/aromatic N) is 2. The highest BCUT2D eigenvalue weighted by molar-refractivity contribution is 5.61. The Kier molecular flexibility index (Phi) is 4.02. The minimum Gasteiger partial charge on any atom is -0.379 e. The number of rotatable bonds is 5. The van der Waals surface area contributed by atoms with Gasteiger partial charge in [0.15, 0.2) is 0 Å². The van der Waals surface area contributed by atoms with Crippen molar-refractivity contribution in [3.05, 3.63) is 64.2 Å². The number of halogens is 1. The highest BCUT2D eigenvalue weighted by Crippen LogP contribution is 2.24. The van der Waals surface area contributed by atoms with E-state index in [0.29, 0.717) is 13.0 Å². The zero-order chi connectivity index (χ0) is 13.7. The second-order valence-electron chi connectivity index (χ2n) is 3.96. The van der Waals surface area contributed by atoms with Gasteiger partial charge in [0.25, 0.3) is 5.69 Å². The fourth-order valence-corrected chi connectivity index (χ4v) is 1.70. The largest absolute Gasteiger partial charge is 0.379 e. The smallest absolute Gasteiger partial charge is 0.292 e. The lowest BCUT2D eigenvalue weighted by Gasteiger charge is -2.07. The molecule has 1 N–H and O–H groups in total. The molecular formula is C13H12FN3O2. The monoisotopic (exact) mass is 261 g/mol. The van der Waals surface area contributed by atoms with Crippen LogP contribution in [-0.4, -0.2) is 16.5 Å².